The van der Waals surface area contributed by atoms with Gasteiger partial charge in [0.05, 0.1) is 17.3 Å². The summed E-state index contributed by atoms with van der Waals surface area (Å²) < 4.78 is 5.73. The van der Waals surface area contributed by atoms with E-state index in [1.54, 1.807) is 4.90 Å². The second kappa shape index (κ2) is 9.70. The maximum absolute atomic E-state index is 12.6. The molecule has 0 radical (unpaired) electrons. The van der Waals surface area contributed by atoms with E-state index in [1.807, 2.05) is 60.7 Å². The average Bonchev–Trinajstić information content (AvgIpc) is 2.87. The van der Waals surface area contributed by atoms with Crippen molar-refractivity contribution < 1.29 is 19.4 Å². The number of rotatable bonds is 7. The number of nitriles is 1. The van der Waals surface area contributed by atoms with E-state index in [-0.39, 0.29) is 12.5 Å². The predicted octanol–water partition coefficient (Wildman–Crippen LogP) is 5.09. The van der Waals surface area contributed by atoms with Crippen molar-refractivity contribution in [3.63, 3.8) is 0 Å². The first-order valence-corrected chi connectivity index (χ1v) is 12.0. The molecule has 8 heteroatoms. The number of carbonyl (C=O) groups is 2. The van der Waals surface area contributed by atoms with Gasteiger partial charge in [-0.25, -0.2) is 9.78 Å². The molecule has 1 aromatic heterocycles. The molecule has 2 aliphatic rings. The normalized spacial score (nSPS) is 15.8. The number of nitrogens with zero attached hydrogens (tertiary/aromatic N) is 3. The Bertz CT molecular complexity index is 1330. The molecule has 3 aromatic rings. The zero-order valence-corrected chi connectivity index (χ0v) is 19.7. The zero-order valence-electron chi connectivity index (χ0n) is 19.7. The highest BCUT2D eigenvalue weighted by Crippen LogP contribution is 2.43. The van der Waals surface area contributed by atoms with Crippen LogP contribution in [0.5, 0.6) is 5.88 Å². The third-order valence-corrected chi connectivity index (χ3v) is 6.91. The van der Waals surface area contributed by atoms with E-state index < -0.39 is 11.6 Å². The Morgan fingerprint density at radius 1 is 1.14 bits per heavy atom. The monoisotopic (exact) mass is 482 g/mol. The van der Waals surface area contributed by atoms with Gasteiger partial charge in [0.2, 0.25) is 5.88 Å². The first kappa shape index (κ1) is 23.4. The number of pyridine rings is 1. The molecular weight excluding hydrogens is 456 g/mol. The Hall–Kier alpha value is -4.38. The van der Waals surface area contributed by atoms with E-state index in [9.17, 15) is 14.7 Å². The number of anilines is 1. The molecule has 0 saturated heterocycles. The molecular formula is C28H26N4O4. The summed E-state index contributed by atoms with van der Waals surface area (Å²) in [5.74, 6) is 0.225. The number of hydrogen-bond acceptors (Lipinski definition) is 5. The van der Waals surface area contributed by atoms with Gasteiger partial charge in [-0.1, -0.05) is 54.6 Å². The van der Waals surface area contributed by atoms with Crippen LogP contribution in [0, 0.1) is 11.3 Å². The highest BCUT2D eigenvalue weighted by Gasteiger charge is 2.40. The van der Waals surface area contributed by atoms with Crippen LogP contribution in [-0.4, -0.2) is 35.2 Å². The number of aromatic nitrogens is 1. The van der Waals surface area contributed by atoms with Crippen LogP contribution < -0.4 is 15.0 Å². The van der Waals surface area contributed by atoms with Crippen LogP contribution in [0.15, 0.2) is 60.7 Å². The number of hydrogen-bond donors (Lipinski definition) is 2. The minimum Gasteiger partial charge on any atom is -0.466 e. The Morgan fingerprint density at radius 2 is 1.89 bits per heavy atom. The molecule has 2 amide bonds. The van der Waals surface area contributed by atoms with Crippen molar-refractivity contribution in [2.75, 3.05) is 18.1 Å². The van der Waals surface area contributed by atoms with Gasteiger partial charge in [-0.3, -0.25) is 4.79 Å². The molecule has 1 saturated carbocycles. The third-order valence-electron chi connectivity index (χ3n) is 6.91. The lowest BCUT2D eigenvalue weighted by Crippen LogP contribution is -2.50. The highest BCUT2D eigenvalue weighted by molar-refractivity contribution is 5.99. The Morgan fingerprint density at radius 3 is 2.53 bits per heavy atom. The molecule has 0 bridgehead atoms. The van der Waals surface area contributed by atoms with Gasteiger partial charge in [0, 0.05) is 24.1 Å². The summed E-state index contributed by atoms with van der Waals surface area (Å²) in [6.07, 6.45) is 2.43. The van der Waals surface area contributed by atoms with Crippen LogP contribution in [0.4, 0.5) is 10.5 Å². The summed E-state index contributed by atoms with van der Waals surface area (Å²) in [6, 6.07) is 21.7. The van der Waals surface area contributed by atoms with Crippen molar-refractivity contribution >= 4 is 17.7 Å². The number of benzene rings is 2. The van der Waals surface area contributed by atoms with E-state index in [1.165, 1.54) is 0 Å². The fourth-order valence-corrected chi connectivity index (χ4v) is 4.92. The first-order chi connectivity index (χ1) is 17.5. The van der Waals surface area contributed by atoms with Crippen LogP contribution >= 0.6 is 0 Å². The molecule has 36 heavy (non-hydrogen) atoms. The van der Waals surface area contributed by atoms with Gasteiger partial charge >= 0.3 is 6.09 Å². The maximum atomic E-state index is 12.6. The molecule has 0 atom stereocenters. The number of amides is 2. The SMILES string of the molecule is N#CCCCN1C(=O)COc2nc(-c3ccc(C4(NC(=O)O)CCC4)cc3)c(-c3ccccc3)cc21. The lowest BCUT2D eigenvalue weighted by Gasteiger charge is -2.42. The molecule has 1 aliphatic heterocycles. The Labute approximate surface area is 209 Å². The lowest BCUT2D eigenvalue weighted by atomic mass is 9.71. The van der Waals surface area contributed by atoms with Gasteiger partial charge < -0.3 is 20.1 Å². The Balaban J connectivity index is 1.57. The molecule has 1 aliphatic carbocycles. The van der Waals surface area contributed by atoms with Crippen LogP contribution in [0.3, 0.4) is 0 Å². The molecule has 2 heterocycles. The molecule has 2 N–H and O–H groups in total. The topological polar surface area (TPSA) is 116 Å². The molecule has 0 spiro atoms. The van der Waals surface area contributed by atoms with Crippen molar-refractivity contribution in [1.82, 2.24) is 10.3 Å². The second-order valence-corrected chi connectivity index (χ2v) is 9.11. The van der Waals surface area contributed by atoms with E-state index in [2.05, 4.69) is 11.4 Å². The van der Waals surface area contributed by atoms with Gasteiger partial charge in [-0.2, -0.15) is 5.26 Å². The molecule has 0 unspecified atom stereocenters. The largest absolute Gasteiger partial charge is 0.466 e. The number of unbranched alkanes of at least 4 members (excludes halogenated alkanes) is 1. The minimum absolute atomic E-state index is 0.0982. The number of carbonyl (C=O) groups excluding carboxylic acids is 1. The first-order valence-electron chi connectivity index (χ1n) is 12.0. The minimum atomic E-state index is -1.02. The van der Waals surface area contributed by atoms with Gasteiger partial charge in [0.25, 0.3) is 5.91 Å². The number of fused-ring (bicyclic) bond motifs is 1. The van der Waals surface area contributed by atoms with Crippen LogP contribution in [-0.2, 0) is 10.3 Å². The Kier molecular flexibility index (Phi) is 6.30. The van der Waals surface area contributed by atoms with Crippen molar-refractivity contribution in [3.05, 3.63) is 66.2 Å². The summed E-state index contributed by atoms with van der Waals surface area (Å²) in [4.78, 5) is 30.5. The summed E-state index contributed by atoms with van der Waals surface area (Å²) >= 11 is 0. The smallest absolute Gasteiger partial charge is 0.405 e. The number of carboxylic acid groups (broad SMARTS) is 1. The highest BCUT2D eigenvalue weighted by atomic mass is 16.5. The van der Waals surface area contributed by atoms with Gasteiger partial charge in [-0.15, -0.1) is 0 Å². The summed E-state index contributed by atoms with van der Waals surface area (Å²) in [5, 5.41) is 20.9. The molecule has 182 valence electrons. The third kappa shape index (κ3) is 4.36. The van der Waals surface area contributed by atoms with Gasteiger partial charge in [-0.05, 0) is 42.9 Å². The van der Waals surface area contributed by atoms with E-state index in [0.717, 1.165) is 41.5 Å². The van der Waals surface area contributed by atoms with E-state index in [0.29, 0.717) is 36.6 Å². The van der Waals surface area contributed by atoms with Crippen molar-refractivity contribution in [2.45, 2.75) is 37.6 Å². The van der Waals surface area contributed by atoms with E-state index >= 15 is 0 Å². The molecule has 1 fully saturated rings. The summed E-state index contributed by atoms with van der Waals surface area (Å²) in [7, 11) is 0. The van der Waals surface area contributed by atoms with Crippen molar-refractivity contribution in [1.29, 1.82) is 5.26 Å². The predicted molar refractivity (Wildman–Crippen MR) is 134 cm³/mol. The van der Waals surface area contributed by atoms with Crippen LogP contribution in [0.1, 0.15) is 37.7 Å². The van der Waals surface area contributed by atoms with Gasteiger partial charge in [0.15, 0.2) is 6.61 Å². The molecule has 2 aromatic carbocycles. The number of ether oxygens (including phenoxy) is 1. The van der Waals surface area contributed by atoms with Crippen molar-refractivity contribution in [2.24, 2.45) is 0 Å². The lowest BCUT2D eigenvalue weighted by molar-refractivity contribution is -0.121. The maximum Gasteiger partial charge on any atom is 0.405 e. The van der Waals surface area contributed by atoms with Gasteiger partial charge in [0.1, 0.15) is 5.69 Å². The van der Waals surface area contributed by atoms with Crippen LogP contribution in [0.25, 0.3) is 22.4 Å². The average molecular weight is 483 g/mol. The molecule has 8 nitrogen and oxygen atoms in total. The summed E-state index contributed by atoms with van der Waals surface area (Å²) in [5.41, 5.74) is 4.38. The number of nitrogens with one attached hydrogen (secondary N) is 1. The fourth-order valence-electron chi connectivity index (χ4n) is 4.92. The zero-order chi connectivity index (χ0) is 25.1. The fraction of sp³-hybridized carbons (Fsp3) is 0.286. The summed E-state index contributed by atoms with van der Waals surface area (Å²) in [6.45, 7) is 0.324. The second-order valence-electron chi connectivity index (χ2n) is 9.11. The standard InChI is InChI=1S/C28H26N4O4/c29-15-4-5-16-32-23-17-22(19-7-2-1-3-8-19)25(30-26(23)36-18-24(32)33)20-9-11-21(12-10-20)28(13-6-14-28)31-27(34)35/h1-3,7-12,17,31H,4-6,13-14,16,18H2,(H,34,35). The van der Waals surface area contributed by atoms with Crippen LogP contribution in [0.2, 0.25) is 0 Å². The molecule has 5 rings (SSSR count). The quantitative estimate of drug-likeness (QED) is 0.453. The van der Waals surface area contributed by atoms with Crippen molar-refractivity contribution in [3.8, 4) is 34.3 Å². The van der Waals surface area contributed by atoms with E-state index in [4.69, 9.17) is 15.0 Å².